The molecule has 2 atom stereocenters. The maximum absolute atomic E-state index is 11.5. The van der Waals surface area contributed by atoms with Crippen molar-refractivity contribution in [3.8, 4) is 0 Å². The Balaban J connectivity index is 0.00000110. The van der Waals surface area contributed by atoms with Crippen LogP contribution in [0.4, 0.5) is 0 Å². The molecule has 0 fully saturated rings. The minimum absolute atomic E-state index is 0.0936. The quantitative estimate of drug-likeness (QED) is 0.438. The molecule has 0 saturated heterocycles. The Bertz CT molecular complexity index is 403. The third-order valence-corrected chi connectivity index (χ3v) is 3.39. The smallest absolute Gasteiger partial charge is 0.156 e. The average molecular weight is 390 g/mol. The van der Waals surface area contributed by atoms with Crippen molar-refractivity contribution in [1.29, 1.82) is 0 Å². The van der Waals surface area contributed by atoms with E-state index < -0.39 is 5.60 Å². The number of halogens is 1. The van der Waals surface area contributed by atoms with Gasteiger partial charge < -0.3 is 5.11 Å². The number of allylic oxidation sites excluding steroid dienone is 3. The minimum atomic E-state index is -0.988. The van der Waals surface area contributed by atoms with E-state index in [1.54, 1.807) is 19.1 Å². The number of carbonyl (C=O) groups is 1. The van der Waals surface area contributed by atoms with E-state index in [9.17, 15) is 9.90 Å². The van der Waals surface area contributed by atoms with Crippen LogP contribution in [-0.4, -0.2) is 20.9 Å². The van der Waals surface area contributed by atoms with Crippen molar-refractivity contribution < 1.29 is 9.90 Å². The first kappa shape index (κ1) is 19.6. The van der Waals surface area contributed by atoms with Crippen LogP contribution >= 0.6 is 22.6 Å². The number of rotatable bonds is 3. The number of aliphatic hydroxyl groups is 1. The molecule has 0 spiro atoms. The lowest BCUT2D eigenvalue weighted by Gasteiger charge is -2.36. The predicted molar refractivity (Wildman–Crippen MR) is 95.2 cm³/mol. The van der Waals surface area contributed by atoms with Crippen LogP contribution in [0.25, 0.3) is 0 Å². The summed E-state index contributed by atoms with van der Waals surface area (Å²) >= 11 is 2.29. The Labute approximate surface area is 137 Å². The standard InChI is InChI=1S/C15H22O2.C2H5I/c1-6-15(5,17)8-7-13-11(2)9-12(16)10-14(13,3)4;1-2-3/h6-9,13,17H,1,10H2,2-5H3;2H2,1H3/b8-7+;. The molecule has 1 aliphatic rings. The molecule has 0 aromatic carbocycles. The Morgan fingerprint density at radius 3 is 2.50 bits per heavy atom. The van der Waals surface area contributed by atoms with Gasteiger partial charge in [-0.25, -0.2) is 0 Å². The van der Waals surface area contributed by atoms with Crippen molar-refractivity contribution in [1.82, 2.24) is 0 Å². The monoisotopic (exact) mass is 390 g/mol. The molecule has 3 heteroatoms. The first-order valence-corrected chi connectivity index (χ1v) is 8.44. The van der Waals surface area contributed by atoms with E-state index in [0.29, 0.717) is 6.42 Å². The van der Waals surface area contributed by atoms with E-state index in [-0.39, 0.29) is 17.1 Å². The van der Waals surface area contributed by atoms with Gasteiger partial charge in [0.2, 0.25) is 0 Å². The van der Waals surface area contributed by atoms with E-state index in [1.165, 1.54) is 10.5 Å². The maximum atomic E-state index is 11.5. The van der Waals surface area contributed by atoms with Crippen LogP contribution in [0.3, 0.4) is 0 Å². The first-order valence-electron chi connectivity index (χ1n) is 6.92. The van der Waals surface area contributed by atoms with E-state index in [2.05, 4.69) is 49.9 Å². The lowest BCUT2D eigenvalue weighted by atomic mass is 9.68. The van der Waals surface area contributed by atoms with Gasteiger partial charge in [0.1, 0.15) is 0 Å². The molecule has 0 aliphatic heterocycles. The van der Waals surface area contributed by atoms with E-state index in [4.69, 9.17) is 0 Å². The fourth-order valence-corrected chi connectivity index (χ4v) is 2.34. The predicted octanol–water partition coefficient (Wildman–Crippen LogP) is 4.48. The summed E-state index contributed by atoms with van der Waals surface area (Å²) in [5.74, 6) is 0.374. The molecule has 1 rings (SSSR count). The first-order chi connectivity index (χ1) is 9.09. The fourth-order valence-electron chi connectivity index (χ4n) is 2.34. The van der Waals surface area contributed by atoms with Gasteiger partial charge in [-0.1, -0.05) is 73.7 Å². The van der Waals surface area contributed by atoms with Crippen molar-refractivity contribution in [3.05, 3.63) is 36.5 Å². The van der Waals surface area contributed by atoms with Gasteiger partial charge in [0.05, 0.1) is 5.60 Å². The van der Waals surface area contributed by atoms with Gasteiger partial charge in [0, 0.05) is 12.3 Å². The summed E-state index contributed by atoms with van der Waals surface area (Å²) in [4.78, 5) is 11.5. The summed E-state index contributed by atoms with van der Waals surface area (Å²) in [5, 5.41) is 9.87. The molecule has 0 aromatic rings. The molecule has 2 unspecified atom stereocenters. The topological polar surface area (TPSA) is 37.3 Å². The van der Waals surface area contributed by atoms with E-state index in [1.807, 2.05) is 13.0 Å². The molecule has 1 N–H and O–H groups in total. The van der Waals surface area contributed by atoms with Crippen molar-refractivity contribution in [2.75, 3.05) is 4.43 Å². The minimum Gasteiger partial charge on any atom is -0.382 e. The number of carbonyl (C=O) groups excluding carboxylic acids is 1. The molecule has 2 nitrogen and oxygen atoms in total. The summed E-state index contributed by atoms with van der Waals surface area (Å²) in [6.45, 7) is 13.5. The van der Waals surface area contributed by atoms with Crippen molar-refractivity contribution in [3.63, 3.8) is 0 Å². The van der Waals surface area contributed by atoms with E-state index >= 15 is 0 Å². The molecule has 0 heterocycles. The highest BCUT2D eigenvalue weighted by molar-refractivity contribution is 14.1. The van der Waals surface area contributed by atoms with Gasteiger partial charge in [0.25, 0.3) is 0 Å². The normalized spacial score (nSPS) is 24.4. The van der Waals surface area contributed by atoms with Gasteiger partial charge in [-0.15, -0.1) is 0 Å². The summed E-state index contributed by atoms with van der Waals surface area (Å²) in [5.41, 5.74) is -0.0241. The van der Waals surface area contributed by atoms with Gasteiger partial charge >= 0.3 is 0 Å². The van der Waals surface area contributed by atoms with Crippen LogP contribution < -0.4 is 0 Å². The molecular formula is C17H27IO2. The van der Waals surface area contributed by atoms with Gasteiger partial charge in [-0.05, 0) is 29.8 Å². The zero-order chi connectivity index (χ0) is 16.0. The number of hydrogen-bond acceptors (Lipinski definition) is 2. The zero-order valence-corrected chi connectivity index (χ0v) is 15.4. The molecule has 0 saturated carbocycles. The molecule has 0 aromatic heterocycles. The summed E-state index contributed by atoms with van der Waals surface area (Å²) in [6, 6.07) is 0. The molecule has 114 valence electrons. The molecule has 1 aliphatic carbocycles. The lowest BCUT2D eigenvalue weighted by Crippen LogP contribution is -2.31. The Morgan fingerprint density at radius 1 is 1.60 bits per heavy atom. The van der Waals surface area contributed by atoms with Crippen LogP contribution in [0, 0.1) is 11.3 Å². The molecule has 0 amide bonds. The van der Waals surface area contributed by atoms with Crippen LogP contribution in [0.5, 0.6) is 0 Å². The summed E-state index contributed by atoms with van der Waals surface area (Å²) in [7, 11) is 0. The van der Waals surface area contributed by atoms with Crippen LogP contribution in [0.1, 0.15) is 41.0 Å². The summed E-state index contributed by atoms with van der Waals surface area (Å²) in [6.07, 6.45) is 7.50. The molecular weight excluding hydrogens is 363 g/mol. The van der Waals surface area contributed by atoms with Gasteiger partial charge in [-0.2, -0.15) is 0 Å². The zero-order valence-electron chi connectivity index (χ0n) is 13.2. The second kappa shape index (κ2) is 8.13. The maximum Gasteiger partial charge on any atom is 0.156 e. The Kier molecular flexibility index (Phi) is 7.96. The SMILES string of the molecule is C=CC(C)(O)/C=C/C1C(C)=CC(=O)CC1(C)C.CCI. The summed E-state index contributed by atoms with van der Waals surface area (Å²) < 4.78 is 1.22. The van der Waals surface area contributed by atoms with Crippen LogP contribution in [-0.2, 0) is 4.79 Å². The lowest BCUT2D eigenvalue weighted by molar-refractivity contribution is -0.117. The molecule has 0 radical (unpaired) electrons. The van der Waals surface area contributed by atoms with Crippen molar-refractivity contribution in [2.45, 2.75) is 46.6 Å². The highest BCUT2D eigenvalue weighted by Gasteiger charge is 2.34. The van der Waals surface area contributed by atoms with Crippen molar-refractivity contribution in [2.24, 2.45) is 11.3 Å². The third-order valence-electron chi connectivity index (χ3n) is 3.39. The number of hydrogen-bond donors (Lipinski definition) is 1. The largest absolute Gasteiger partial charge is 0.382 e. The van der Waals surface area contributed by atoms with Crippen molar-refractivity contribution >= 4 is 28.4 Å². The van der Waals surface area contributed by atoms with Gasteiger partial charge in [-0.3, -0.25) is 4.79 Å². The fraction of sp³-hybridized carbons (Fsp3) is 0.588. The Morgan fingerprint density at radius 2 is 2.10 bits per heavy atom. The number of alkyl halides is 1. The molecule has 0 bridgehead atoms. The average Bonchev–Trinajstić information content (AvgIpc) is 2.27. The van der Waals surface area contributed by atoms with Gasteiger partial charge in [0.15, 0.2) is 5.78 Å². The highest BCUT2D eigenvalue weighted by Crippen LogP contribution is 2.40. The third kappa shape index (κ3) is 6.35. The second-order valence-electron chi connectivity index (χ2n) is 6.05. The second-order valence-corrected chi connectivity index (χ2v) is 7.58. The number of ketones is 1. The van der Waals surface area contributed by atoms with Crippen LogP contribution in [0.15, 0.2) is 36.5 Å². The molecule has 20 heavy (non-hydrogen) atoms. The van der Waals surface area contributed by atoms with Crippen LogP contribution in [0.2, 0.25) is 0 Å². The Hall–Kier alpha value is -0.420. The highest BCUT2D eigenvalue weighted by atomic mass is 127. The van der Waals surface area contributed by atoms with E-state index in [0.717, 1.165) is 5.57 Å².